The molecule has 0 aliphatic rings. The van der Waals surface area contributed by atoms with Crippen LogP contribution in [-0.2, 0) is 26.2 Å². The van der Waals surface area contributed by atoms with Crippen molar-refractivity contribution in [2.45, 2.75) is 39.8 Å². The Bertz CT molecular complexity index is 1120. The van der Waals surface area contributed by atoms with E-state index in [2.05, 4.69) is 21.2 Å². The maximum atomic E-state index is 13.5. The minimum atomic E-state index is -3.77. The maximum Gasteiger partial charge on any atom is 0.244 e. The molecule has 0 aliphatic heterocycles. The van der Waals surface area contributed by atoms with Crippen LogP contribution >= 0.6 is 15.9 Å². The minimum absolute atomic E-state index is 0.119. The molecule has 34 heavy (non-hydrogen) atoms. The van der Waals surface area contributed by atoms with Gasteiger partial charge in [-0.3, -0.25) is 13.9 Å². The van der Waals surface area contributed by atoms with Gasteiger partial charge in [0.05, 0.1) is 19.1 Å². The fourth-order valence-electron chi connectivity index (χ4n) is 3.34. The molecule has 0 unspecified atom stereocenters. The number of aryl methyl sites for hydroxylation is 1. The van der Waals surface area contributed by atoms with Crippen molar-refractivity contribution in [3.8, 4) is 5.75 Å². The number of hydrogen-bond acceptors (Lipinski definition) is 5. The zero-order valence-corrected chi connectivity index (χ0v) is 22.6. The van der Waals surface area contributed by atoms with E-state index in [1.54, 1.807) is 50.4 Å². The molecule has 2 amide bonds. The Balaban J connectivity index is 2.40. The van der Waals surface area contributed by atoms with E-state index in [9.17, 15) is 18.0 Å². The quantitative estimate of drug-likeness (QED) is 0.459. The van der Waals surface area contributed by atoms with Gasteiger partial charge in [-0.15, -0.1) is 0 Å². The number of benzene rings is 2. The average Bonchev–Trinajstić information content (AvgIpc) is 2.80. The standard InChI is InChI=1S/C24H32BrN3O5S/c1-6-12-26-24(30)18(3)27(15-19-8-7-9-21(14-19)33-4)23(29)16-28(34(5,31)32)20-10-11-22(25)17(2)13-20/h7-11,13-14,18H,6,12,15-16H2,1-5H3,(H,26,30)/t18-/m1/s1. The third-order valence-electron chi connectivity index (χ3n) is 5.31. The number of carbonyl (C=O) groups is 2. The van der Waals surface area contributed by atoms with E-state index in [0.29, 0.717) is 18.0 Å². The van der Waals surface area contributed by atoms with Gasteiger partial charge < -0.3 is 15.0 Å². The lowest BCUT2D eigenvalue weighted by molar-refractivity contribution is -0.139. The van der Waals surface area contributed by atoms with E-state index < -0.39 is 28.5 Å². The Morgan fingerprint density at radius 2 is 1.88 bits per heavy atom. The molecule has 0 heterocycles. The van der Waals surface area contributed by atoms with Crippen LogP contribution in [0.25, 0.3) is 0 Å². The van der Waals surface area contributed by atoms with Gasteiger partial charge in [0, 0.05) is 17.6 Å². The van der Waals surface area contributed by atoms with Gasteiger partial charge in [0.2, 0.25) is 21.8 Å². The van der Waals surface area contributed by atoms with Crippen molar-refractivity contribution < 1.29 is 22.7 Å². The molecule has 1 N–H and O–H groups in total. The Morgan fingerprint density at radius 3 is 2.47 bits per heavy atom. The Kier molecular flexibility index (Phi) is 9.93. The Labute approximate surface area is 210 Å². The number of halogens is 1. The molecular weight excluding hydrogens is 522 g/mol. The molecular formula is C24H32BrN3O5S. The van der Waals surface area contributed by atoms with Gasteiger partial charge in [-0.05, 0) is 61.7 Å². The number of rotatable bonds is 11. The summed E-state index contributed by atoms with van der Waals surface area (Å²) in [5, 5.41) is 2.81. The first kappa shape index (κ1) is 27.7. The number of nitrogens with zero attached hydrogens (tertiary/aromatic N) is 2. The highest BCUT2D eigenvalue weighted by molar-refractivity contribution is 9.10. The molecule has 2 rings (SSSR count). The topological polar surface area (TPSA) is 96.0 Å². The number of ether oxygens (including phenoxy) is 1. The van der Waals surface area contributed by atoms with Crippen molar-refractivity contribution in [3.05, 3.63) is 58.1 Å². The van der Waals surface area contributed by atoms with Crippen molar-refractivity contribution in [3.63, 3.8) is 0 Å². The summed E-state index contributed by atoms with van der Waals surface area (Å²) in [5.74, 6) is -0.174. The summed E-state index contributed by atoms with van der Waals surface area (Å²) in [6, 6.07) is 11.5. The molecule has 2 aromatic carbocycles. The first-order valence-electron chi connectivity index (χ1n) is 10.9. The fourth-order valence-corrected chi connectivity index (χ4v) is 4.43. The van der Waals surface area contributed by atoms with Crippen molar-refractivity contribution in [2.24, 2.45) is 0 Å². The fraction of sp³-hybridized carbons (Fsp3) is 0.417. The van der Waals surface area contributed by atoms with Gasteiger partial charge in [0.1, 0.15) is 18.3 Å². The molecule has 10 heteroatoms. The average molecular weight is 555 g/mol. The number of anilines is 1. The largest absolute Gasteiger partial charge is 0.497 e. The van der Waals surface area contributed by atoms with Gasteiger partial charge in [-0.1, -0.05) is 35.0 Å². The van der Waals surface area contributed by atoms with Crippen molar-refractivity contribution in [2.75, 3.05) is 30.8 Å². The molecule has 0 aliphatic carbocycles. The number of amides is 2. The highest BCUT2D eigenvalue weighted by atomic mass is 79.9. The third kappa shape index (κ3) is 7.46. The monoisotopic (exact) mass is 553 g/mol. The predicted octanol–water partition coefficient (Wildman–Crippen LogP) is 3.48. The van der Waals surface area contributed by atoms with Crippen LogP contribution in [-0.4, -0.2) is 57.6 Å². The highest BCUT2D eigenvalue weighted by Crippen LogP contribution is 2.25. The summed E-state index contributed by atoms with van der Waals surface area (Å²) in [6.45, 7) is 5.58. The van der Waals surface area contributed by atoms with Gasteiger partial charge in [-0.2, -0.15) is 0 Å². The SMILES string of the molecule is CCCNC(=O)[C@@H](C)N(Cc1cccc(OC)c1)C(=O)CN(c1ccc(Br)c(C)c1)S(C)(=O)=O. The Morgan fingerprint density at radius 1 is 1.18 bits per heavy atom. The molecule has 0 bridgehead atoms. The molecule has 0 aromatic heterocycles. The molecule has 0 spiro atoms. The lowest BCUT2D eigenvalue weighted by Gasteiger charge is -2.31. The van der Waals surface area contributed by atoms with Crippen molar-refractivity contribution in [1.29, 1.82) is 0 Å². The van der Waals surface area contributed by atoms with Gasteiger partial charge >= 0.3 is 0 Å². The van der Waals surface area contributed by atoms with Crippen LogP contribution in [0.5, 0.6) is 5.75 Å². The maximum absolute atomic E-state index is 13.5. The molecule has 1 atom stereocenters. The van der Waals surface area contributed by atoms with Crippen LogP contribution in [0.3, 0.4) is 0 Å². The minimum Gasteiger partial charge on any atom is -0.497 e. The normalized spacial score (nSPS) is 12.1. The van der Waals surface area contributed by atoms with Crippen LogP contribution < -0.4 is 14.4 Å². The summed E-state index contributed by atoms with van der Waals surface area (Å²) >= 11 is 3.41. The second kappa shape index (κ2) is 12.2. The summed E-state index contributed by atoms with van der Waals surface area (Å²) in [7, 11) is -2.22. The summed E-state index contributed by atoms with van der Waals surface area (Å²) in [4.78, 5) is 27.6. The summed E-state index contributed by atoms with van der Waals surface area (Å²) in [6.07, 6.45) is 1.81. The van der Waals surface area contributed by atoms with Crippen LogP contribution in [0.15, 0.2) is 46.9 Å². The van der Waals surface area contributed by atoms with E-state index in [-0.39, 0.29) is 12.5 Å². The summed E-state index contributed by atoms with van der Waals surface area (Å²) in [5.41, 5.74) is 1.97. The molecule has 8 nitrogen and oxygen atoms in total. The zero-order chi connectivity index (χ0) is 25.5. The van der Waals surface area contributed by atoms with Crippen LogP contribution in [0.2, 0.25) is 0 Å². The second-order valence-corrected chi connectivity index (χ2v) is 10.8. The third-order valence-corrected chi connectivity index (χ3v) is 7.34. The first-order chi connectivity index (χ1) is 16.0. The van der Waals surface area contributed by atoms with Gasteiger partial charge in [-0.25, -0.2) is 8.42 Å². The summed E-state index contributed by atoms with van der Waals surface area (Å²) < 4.78 is 32.4. The van der Waals surface area contributed by atoms with E-state index in [0.717, 1.165) is 32.6 Å². The first-order valence-corrected chi connectivity index (χ1v) is 13.6. The number of carbonyl (C=O) groups excluding carboxylic acids is 2. The highest BCUT2D eigenvalue weighted by Gasteiger charge is 2.30. The number of hydrogen-bond donors (Lipinski definition) is 1. The van der Waals surface area contributed by atoms with E-state index >= 15 is 0 Å². The van der Waals surface area contributed by atoms with E-state index in [1.165, 1.54) is 4.90 Å². The van der Waals surface area contributed by atoms with Crippen molar-refractivity contribution >= 4 is 43.5 Å². The number of nitrogens with one attached hydrogen (secondary N) is 1. The van der Waals surface area contributed by atoms with E-state index in [4.69, 9.17) is 4.74 Å². The molecule has 2 aromatic rings. The molecule has 0 saturated heterocycles. The molecule has 186 valence electrons. The van der Waals surface area contributed by atoms with Crippen LogP contribution in [0, 0.1) is 6.92 Å². The second-order valence-electron chi connectivity index (χ2n) is 8.04. The Hall–Kier alpha value is -2.59. The van der Waals surface area contributed by atoms with E-state index in [1.807, 2.05) is 19.9 Å². The van der Waals surface area contributed by atoms with Gasteiger partial charge in [0.25, 0.3) is 0 Å². The number of methoxy groups -OCH3 is 1. The number of sulfonamides is 1. The smallest absolute Gasteiger partial charge is 0.244 e. The lowest BCUT2D eigenvalue weighted by Crippen LogP contribution is -2.51. The van der Waals surface area contributed by atoms with Crippen LogP contribution in [0.1, 0.15) is 31.4 Å². The zero-order valence-electron chi connectivity index (χ0n) is 20.2. The van der Waals surface area contributed by atoms with Gasteiger partial charge in [0.15, 0.2) is 0 Å². The molecule has 0 saturated carbocycles. The van der Waals surface area contributed by atoms with Crippen LogP contribution in [0.4, 0.5) is 5.69 Å². The molecule has 0 fully saturated rings. The van der Waals surface area contributed by atoms with Crippen molar-refractivity contribution in [1.82, 2.24) is 10.2 Å². The predicted molar refractivity (Wildman–Crippen MR) is 137 cm³/mol. The molecule has 0 radical (unpaired) electrons. The lowest BCUT2D eigenvalue weighted by atomic mass is 10.1.